The summed E-state index contributed by atoms with van der Waals surface area (Å²) in [5.41, 5.74) is 0.139. The molecule has 1 aromatic carbocycles. The smallest absolute Gasteiger partial charge is 0.296 e. The van der Waals surface area contributed by atoms with Crippen LogP contribution in [0, 0.1) is 5.82 Å². The zero-order valence-electron chi connectivity index (χ0n) is 8.93. The first kappa shape index (κ1) is 13.4. The predicted molar refractivity (Wildman–Crippen MR) is 67.1 cm³/mol. The number of rotatable bonds is 2. The average molecular weight is 355 g/mol. The van der Waals surface area contributed by atoms with Gasteiger partial charge in [-0.3, -0.25) is 4.57 Å². The van der Waals surface area contributed by atoms with Crippen molar-refractivity contribution >= 4 is 35.7 Å². The quantitative estimate of drug-likeness (QED) is 0.776. The molecule has 9 heteroatoms. The summed E-state index contributed by atoms with van der Waals surface area (Å²) < 4.78 is 37.8. The van der Waals surface area contributed by atoms with Gasteiger partial charge in [-0.2, -0.15) is 0 Å². The van der Waals surface area contributed by atoms with Gasteiger partial charge >= 0.3 is 0 Å². The van der Waals surface area contributed by atoms with E-state index in [0.717, 1.165) is 4.57 Å². The maximum Gasteiger partial charge on any atom is 0.296 e. The van der Waals surface area contributed by atoms with Crippen molar-refractivity contribution in [2.75, 3.05) is 0 Å². The van der Waals surface area contributed by atoms with E-state index in [0.29, 0.717) is 4.47 Å². The summed E-state index contributed by atoms with van der Waals surface area (Å²) >= 11 is 3.12. The van der Waals surface area contributed by atoms with Gasteiger partial charge in [0.15, 0.2) is 5.82 Å². The SMILES string of the molecule is Cn1c(-c2ccc(Br)cc2F)nnc1S(=O)(=O)Cl. The normalized spacial score (nSPS) is 11.8. The van der Waals surface area contributed by atoms with Gasteiger partial charge in [0, 0.05) is 22.2 Å². The minimum atomic E-state index is -4.01. The van der Waals surface area contributed by atoms with Gasteiger partial charge in [0.05, 0.1) is 5.56 Å². The number of hydrogen-bond acceptors (Lipinski definition) is 4. The molecule has 0 aliphatic heterocycles. The Labute approximate surface area is 115 Å². The molecule has 0 atom stereocenters. The highest BCUT2D eigenvalue weighted by Crippen LogP contribution is 2.25. The Hall–Kier alpha value is -0.990. The first-order valence-electron chi connectivity index (χ1n) is 4.60. The molecular weight excluding hydrogens is 349 g/mol. The Morgan fingerprint density at radius 3 is 2.56 bits per heavy atom. The van der Waals surface area contributed by atoms with Crippen molar-refractivity contribution in [3.63, 3.8) is 0 Å². The molecule has 0 saturated carbocycles. The third kappa shape index (κ3) is 2.40. The molecule has 96 valence electrons. The van der Waals surface area contributed by atoms with Gasteiger partial charge in [0.25, 0.3) is 14.2 Å². The zero-order valence-corrected chi connectivity index (χ0v) is 12.1. The second-order valence-electron chi connectivity index (χ2n) is 3.43. The molecule has 2 rings (SSSR count). The maximum absolute atomic E-state index is 13.7. The standard InChI is InChI=1S/C9H6BrClFN3O2S/c1-15-8(13-14-9(15)18(11,16)17)6-3-2-5(10)4-7(6)12/h2-4H,1H3. The second-order valence-corrected chi connectivity index (χ2v) is 6.80. The molecule has 18 heavy (non-hydrogen) atoms. The topological polar surface area (TPSA) is 64.8 Å². The highest BCUT2D eigenvalue weighted by Gasteiger charge is 2.22. The number of halogens is 3. The van der Waals surface area contributed by atoms with Gasteiger partial charge in [-0.05, 0) is 18.2 Å². The third-order valence-electron chi connectivity index (χ3n) is 2.23. The van der Waals surface area contributed by atoms with Gasteiger partial charge in [0.2, 0.25) is 0 Å². The van der Waals surface area contributed by atoms with Crippen LogP contribution in [0.15, 0.2) is 27.8 Å². The van der Waals surface area contributed by atoms with E-state index in [-0.39, 0.29) is 11.4 Å². The van der Waals surface area contributed by atoms with Crippen LogP contribution in [0.3, 0.4) is 0 Å². The summed E-state index contributed by atoms with van der Waals surface area (Å²) in [5, 5.41) is 6.65. The van der Waals surface area contributed by atoms with Gasteiger partial charge in [0.1, 0.15) is 5.82 Å². The summed E-state index contributed by atoms with van der Waals surface area (Å²) in [5.74, 6) is -0.461. The Kier molecular flexibility index (Phi) is 3.43. The Morgan fingerprint density at radius 2 is 2.06 bits per heavy atom. The lowest BCUT2D eigenvalue weighted by Gasteiger charge is -2.03. The molecular formula is C9H6BrClFN3O2S. The molecule has 0 bridgehead atoms. The van der Waals surface area contributed by atoms with E-state index in [2.05, 4.69) is 26.1 Å². The predicted octanol–water partition coefficient (Wildman–Crippen LogP) is 2.31. The van der Waals surface area contributed by atoms with Crippen LogP contribution in [0.25, 0.3) is 11.4 Å². The summed E-state index contributed by atoms with van der Waals surface area (Å²) in [6.45, 7) is 0. The van der Waals surface area contributed by atoms with Crippen molar-refractivity contribution in [2.24, 2.45) is 7.05 Å². The average Bonchev–Trinajstić information content (AvgIpc) is 2.60. The molecule has 0 N–H and O–H groups in total. The van der Waals surface area contributed by atoms with Crippen molar-refractivity contribution in [1.29, 1.82) is 0 Å². The van der Waals surface area contributed by atoms with E-state index in [4.69, 9.17) is 10.7 Å². The molecule has 0 fully saturated rings. The van der Waals surface area contributed by atoms with E-state index in [1.807, 2.05) is 0 Å². The van der Waals surface area contributed by atoms with Gasteiger partial charge in [-0.15, -0.1) is 10.2 Å². The molecule has 5 nitrogen and oxygen atoms in total. The fourth-order valence-corrected chi connectivity index (χ4v) is 2.72. The van der Waals surface area contributed by atoms with Gasteiger partial charge in [-0.1, -0.05) is 15.9 Å². The largest absolute Gasteiger partial charge is 0.300 e. The van der Waals surface area contributed by atoms with Crippen LogP contribution >= 0.6 is 26.6 Å². The molecule has 0 amide bonds. The zero-order chi connectivity index (χ0) is 13.5. The van der Waals surface area contributed by atoms with Crippen LogP contribution in [0.4, 0.5) is 4.39 Å². The van der Waals surface area contributed by atoms with E-state index in [1.165, 1.54) is 19.2 Å². The van der Waals surface area contributed by atoms with Crippen LogP contribution in [0.1, 0.15) is 0 Å². The summed E-state index contributed by atoms with van der Waals surface area (Å²) in [6.07, 6.45) is 0. The first-order valence-corrected chi connectivity index (χ1v) is 7.70. The number of benzene rings is 1. The first-order chi connectivity index (χ1) is 8.30. The molecule has 0 aliphatic rings. The number of hydrogen-bond donors (Lipinski definition) is 0. The van der Waals surface area contributed by atoms with Crippen LogP contribution in [-0.2, 0) is 16.1 Å². The third-order valence-corrected chi connectivity index (χ3v) is 3.92. The Morgan fingerprint density at radius 1 is 1.39 bits per heavy atom. The van der Waals surface area contributed by atoms with Crippen molar-refractivity contribution < 1.29 is 12.8 Å². The summed E-state index contributed by atoms with van der Waals surface area (Å²) in [7, 11) is 2.56. The highest BCUT2D eigenvalue weighted by molar-refractivity contribution is 9.10. The minimum Gasteiger partial charge on any atom is -0.300 e. The molecule has 0 saturated heterocycles. The maximum atomic E-state index is 13.7. The number of nitrogens with zero attached hydrogens (tertiary/aromatic N) is 3. The fourth-order valence-electron chi connectivity index (χ4n) is 1.43. The molecule has 0 spiro atoms. The van der Waals surface area contributed by atoms with E-state index in [1.54, 1.807) is 6.07 Å². The van der Waals surface area contributed by atoms with Crippen molar-refractivity contribution in [3.8, 4) is 11.4 Å². The van der Waals surface area contributed by atoms with E-state index >= 15 is 0 Å². The summed E-state index contributed by atoms with van der Waals surface area (Å²) in [6, 6.07) is 4.33. The lowest BCUT2D eigenvalue weighted by Crippen LogP contribution is -2.03. The Balaban J connectivity index is 2.63. The molecule has 1 heterocycles. The second kappa shape index (κ2) is 4.60. The molecule has 0 unspecified atom stereocenters. The lowest BCUT2D eigenvalue weighted by molar-refractivity contribution is 0.592. The molecule has 0 aliphatic carbocycles. The monoisotopic (exact) mass is 353 g/mol. The van der Waals surface area contributed by atoms with Crippen molar-refractivity contribution in [2.45, 2.75) is 5.16 Å². The molecule has 1 aromatic heterocycles. The lowest BCUT2D eigenvalue weighted by atomic mass is 10.2. The van der Waals surface area contributed by atoms with Crippen LogP contribution < -0.4 is 0 Å². The fraction of sp³-hybridized carbons (Fsp3) is 0.111. The highest BCUT2D eigenvalue weighted by atomic mass is 79.9. The van der Waals surface area contributed by atoms with Crippen LogP contribution in [-0.4, -0.2) is 23.2 Å². The minimum absolute atomic E-state index is 0.0826. The molecule has 0 radical (unpaired) electrons. The van der Waals surface area contributed by atoms with Crippen LogP contribution in [0.2, 0.25) is 0 Å². The number of aromatic nitrogens is 3. The molecule has 2 aromatic rings. The van der Waals surface area contributed by atoms with Gasteiger partial charge in [-0.25, -0.2) is 12.8 Å². The van der Waals surface area contributed by atoms with Gasteiger partial charge < -0.3 is 0 Å². The van der Waals surface area contributed by atoms with Crippen molar-refractivity contribution in [3.05, 3.63) is 28.5 Å². The summed E-state index contributed by atoms with van der Waals surface area (Å²) in [4.78, 5) is 0. The van der Waals surface area contributed by atoms with E-state index < -0.39 is 20.0 Å². The van der Waals surface area contributed by atoms with Crippen molar-refractivity contribution in [1.82, 2.24) is 14.8 Å². The Bertz CT molecular complexity index is 717. The van der Waals surface area contributed by atoms with E-state index in [9.17, 15) is 12.8 Å². The van der Waals surface area contributed by atoms with Crippen LogP contribution in [0.5, 0.6) is 0 Å².